The molecule has 0 saturated carbocycles. The van der Waals surface area contributed by atoms with Gasteiger partial charge in [0, 0.05) is 25.2 Å². The lowest BCUT2D eigenvalue weighted by Gasteiger charge is -2.37. The second-order valence-electron chi connectivity index (χ2n) is 5.36. The lowest BCUT2D eigenvalue weighted by Crippen LogP contribution is -2.48. The van der Waals surface area contributed by atoms with Crippen molar-refractivity contribution in [3.8, 4) is 0 Å². The number of carbonyl (C=O) groups is 1. The summed E-state index contributed by atoms with van der Waals surface area (Å²) in [6, 6.07) is 0. The number of aryl methyl sites for hydroxylation is 2. The van der Waals surface area contributed by atoms with Crippen molar-refractivity contribution < 1.29 is 4.79 Å². The number of nitrogens with one attached hydrogen (secondary N) is 1. The van der Waals surface area contributed by atoms with E-state index in [1.54, 1.807) is 0 Å². The molecule has 17 heavy (non-hydrogen) atoms. The van der Waals surface area contributed by atoms with Gasteiger partial charge in [0.15, 0.2) is 0 Å². The van der Waals surface area contributed by atoms with E-state index in [0.717, 1.165) is 24.5 Å². The van der Waals surface area contributed by atoms with Crippen molar-refractivity contribution >= 4 is 5.91 Å². The van der Waals surface area contributed by atoms with Crippen molar-refractivity contribution in [3.63, 3.8) is 0 Å². The first kappa shape index (κ1) is 12.1. The highest BCUT2D eigenvalue weighted by molar-refractivity contribution is 5.78. The first-order chi connectivity index (χ1) is 7.99. The molecule has 1 aliphatic rings. The molecule has 1 aromatic rings. The van der Waals surface area contributed by atoms with Gasteiger partial charge in [0.25, 0.3) is 0 Å². The smallest absolute Gasteiger partial charge is 0.223 e. The Labute approximate surface area is 102 Å². The lowest BCUT2D eigenvalue weighted by atomic mass is 9.93. The van der Waals surface area contributed by atoms with Crippen LogP contribution in [0.5, 0.6) is 0 Å². The highest BCUT2D eigenvalue weighted by Crippen LogP contribution is 2.26. The van der Waals surface area contributed by atoms with Crippen LogP contribution in [0.15, 0.2) is 0 Å². The van der Waals surface area contributed by atoms with Crippen LogP contribution in [-0.4, -0.2) is 34.1 Å². The first-order valence-electron chi connectivity index (χ1n) is 6.28. The Hall–Kier alpha value is -1.32. The number of hydrogen-bond donors (Lipinski definition) is 1. The molecule has 0 aliphatic carbocycles. The number of rotatable bonds is 3. The zero-order chi connectivity index (χ0) is 12.6. The third-order valence-electron chi connectivity index (χ3n) is 3.58. The lowest BCUT2D eigenvalue weighted by molar-refractivity contribution is -0.137. The summed E-state index contributed by atoms with van der Waals surface area (Å²) in [4.78, 5) is 13.9. The Balaban J connectivity index is 1.97. The van der Waals surface area contributed by atoms with Gasteiger partial charge in [-0.1, -0.05) is 13.8 Å². The summed E-state index contributed by atoms with van der Waals surface area (Å²) < 4.78 is 0. The van der Waals surface area contributed by atoms with E-state index >= 15 is 0 Å². The fourth-order valence-corrected chi connectivity index (χ4v) is 2.68. The zero-order valence-electron chi connectivity index (χ0n) is 11.1. The quantitative estimate of drug-likeness (QED) is 0.871. The van der Waals surface area contributed by atoms with Crippen LogP contribution in [0.4, 0.5) is 0 Å². The van der Waals surface area contributed by atoms with Gasteiger partial charge in [-0.3, -0.25) is 9.89 Å². The molecule has 1 N–H and O–H groups in total. The van der Waals surface area contributed by atoms with Crippen molar-refractivity contribution in [1.29, 1.82) is 0 Å². The van der Waals surface area contributed by atoms with Crippen molar-refractivity contribution in [3.05, 3.63) is 17.0 Å². The van der Waals surface area contributed by atoms with E-state index in [1.165, 1.54) is 5.56 Å². The maximum atomic E-state index is 12.0. The molecular formula is C13H21N3O. The molecule has 2 rings (SSSR count). The monoisotopic (exact) mass is 235 g/mol. The fraction of sp³-hybridized carbons (Fsp3) is 0.692. The number of aromatic nitrogens is 2. The molecule has 1 unspecified atom stereocenters. The molecule has 94 valence electrons. The Morgan fingerprint density at radius 3 is 2.65 bits per heavy atom. The van der Waals surface area contributed by atoms with Gasteiger partial charge in [0.05, 0.1) is 5.69 Å². The predicted octanol–water partition coefficient (Wildman–Crippen LogP) is 2.00. The summed E-state index contributed by atoms with van der Waals surface area (Å²) in [6.45, 7) is 10.1. The minimum atomic E-state index is 0.247. The van der Waals surface area contributed by atoms with Crippen LogP contribution in [0.2, 0.25) is 0 Å². The van der Waals surface area contributed by atoms with Crippen molar-refractivity contribution in [2.24, 2.45) is 5.92 Å². The van der Waals surface area contributed by atoms with Gasteiger partial charge in [0.1, 0.15) is 0 Å². The van der Waals surface area contributed by atoms with E-state index in [-0.39, 0.29) is 11.8 Å². The molecule has 1 aliphatic heterocycles. The third-order valence-corrected chi connectivity index (χ3v) is 3.58. The zero-order valence-corrected chi connectivity index (χ0v) is 11.1. The molecule has 1 fully saturated rings. The number of amides is 1. The molecule has 4 nitrogen and oxygen atoms in total. The van der Waals surface area contributed by atoms with Crippen molar-refractivity contribution in [2.45, 2.75) is 40.0 Å². The molecule has 0 aromatic carbocycles. The molecule has 0 spiro atoms. The van der Waals surface area contributed by atoms with E-state index in [4.69, 9.17) is 0 Å². The van der Waals surface area contributed by atoms with Gasteiger partial charge < -0.3 is 4.90 Å². The van der Waals surface area contributed by atoms with E-state index in [9.17, 15) is 4.79 Å². The highest BCUT2D eigenvalue weighted by atomic mass is 16.2. The minimum absolute atomic E-state index is 0.247. The fourth-order valence-electron chi connectivity index (χ4n) is 2.68. The summed E-state index contributed by atoms with van der Waals surface area (Å²) in [7, 11) is 0. The second kappa shape index (κ2) is 4.51. The molecule has 0 bridgehead atoms. The van der Waals surface area contributed by atoms with Crippen LogP contribution in [0, 0.1) is 19.8 Å². The van der Waals surface area contributed by atoms with Crippen LogP contribution in [-0.2, 0) is 4.79 Å². The van der Waals surface area contributed by atoms with Gasteiger partial charge in [-0.25, -0.2) is 0 Å². The highest BCUT2D eigenvalue weighted by Gasteiger charge is 2.28. The Kier molecular flexibility index (Phi) is 3.22. The van der Waals surface area contributed by atoms with Crippen molar-refractivity contribution in [2.75, 3.05) is 13.1 Å². The SMILES string of the molecule is Cc1n[nH]c(C)c1C(C)CC(=O)N1CC(C)C1. The van der Waals surface area contributed by atoms with E-state index in [2.05, 4.69) is 24.0 Å². The normalized spacial score (nSPS) is 18.0. The van der Waals surface area contributed by atoms with Gasteiger partial charge in [0.2, 0.25) is 5.91 Å². The summed E-state index contributed by atoms with van der Waals surface area (Å²) in [5.74, 6) is 1.19. The maximum absolute atomic E-state index is 12.0. The van der Waals surface area contributed by atoms with Gasteiger partial charge in [-0.05, 0) is 31.2 Å². The molecule has 1 aromatic heterocycles. The topological polar surface area (TPSA) is 49.0 Å². The minimum Gasteiger partial charge on any atom is -0.342 e. The third kappa shape index (κ3) is 2.35. The van der Waals surface area contributed by atoms with Gasteiger partial charge in [-0.15, -0.1) is 0 Å². The number of nitrogens with zero attached hydrogens (tertiary/aromatic N) is 2. The first-order valence-corrected chi connectivity index (χ1v) is 6.28. The summed E-state index contributed by atoms with van der Waals surface area (Å²) in [5.41, 5.74) is 3.30. The number of likely N-dealkylation sites (tertiary alicyclic amines) is 1. The van der Waals surface area contributed by atoms with Crippen LogP contribution in [0.25, 0.3) is 0 Å². The number of H-pyrrole nitrogens is 1. The van der Waals surface area contributed by atoms with Gasteiger partial charge >= 0.3 is 0 Å². The van der Waals surface area contributed by atoms with Crippen LogP contribution in [0.3, 0.4) is 0 Å². The molecule has 4 heteroatoms. The molecule has 1 saturated heterocycles. The summed E-state index contributed by atoms with van der Waals surface area (Å²) in [6.07, 6.45) is 0.591. The largest absolute Gasteiger partial charge is 0.342 e. The summed E-state index contributed by atoms with van der Waals surface area (Å²) >= 11 is 0. The van der Waals surface area contributed by atoms with E-state index in [0.29, 0.717) is 12.3 Å². The summed E-state index contributed by atoms with van der Waals surface area (Å²) in [5, 5.41) is 7.17. The molecule has 1 amide bonds. The average Bonchev–Trinajstić information content (AvgIpc) is 2.53. The number of aromatic amines is 1. The maximum Gasteiger partial charge on any atom is 0.223 e. The molecule has 1 atom stereocenters. The predicted molar refractivity (Wildman–Crippen MR) is 66.8 cm³/mol. The second-order valence-corrected chi connectivity index (χ2v) is 5.36. The Morgan fingerprint density at radius 1 is 1.53 bits per heavy atom. The molecular weight excluding hydrogens is 214 g/mol. The van der Waals surface area contributed by atoms with Crippen LogP contribution in [0.1, 0.15) is 43.1 Å². The standard InChI is InChI=1S/C13H21N3O/c1-8-6-16(7-8)12(17)5-9(2)13-10(3)14-15-11(13)4/h8-9H,5-7H2,1-4H3,(H,14,15). The average molecular weight is 235 g/mol. The number of hydrogen-bond acceptors (Lipinski definition) is 2. The van der Waals surface area contributed by atoms with Gasteiger partial charge in [-0.2, -0.15) is 5.10 Å². The molecule has 2 heterocycles. The van der Waals surface area contributed by atoms with E-state index in [1.807, 2.05) is 18.7 Å². The van der Waals surface area contributed by atoms with E-state index < -0.39 is 0 Å². The number of carbonyl (C=O) groups excluding carboxylic acids is 1. The van der Waals surface area contributed by atoms with Crippen LogP contribution >= 0.6 is 0 Å². The van der Waals surface area contributed by atoms with Crippen LogP contribution < -0.4 is 0 Å². The Morgan fingerprint density at radius 2 is 2.18 bits per heavy atom. The Bertz CT molecular complexity index is 399. The van der Waals surface area contributed by atoms with Crippen molar-refractivity contribution in [1.82, 2.24) is 15.1 Å². The molecule has 0 radical (unpaired) electrons.